The van der Waals surface area contributed by atoms with Gasteiger partial charge < -0.3 is 10.0 Å². The van der Waals surface area contributed by atoms with Gasteiger partial charge in [-0.2, -0.15) is 18.4 Å². The number of alkyl halides is 3. The molecule has 15 heavy (non-hydrogen) atoms. The zero-order chi connectivity index (χ0) is 11.9. The third-order valence-corrected chi connectivity index (χ3v) is 1.32. The van der Waals surface area contributed by atoms with E-state index in [2.05, 4.69) is 0 Å². The minimum absolute atomic E-state index is 0.0184. The Labute approximate surface area is 84.7 Å². The summed E-state index contributed by atoms with van der Waals surface area (Å²) in [5.41, 5.74) is -0.772. The van der Waals surface area contributed by atoms with Gasteiger partial charge in [-0.05, 0) is 18.2 Å². The second kappa shape index (κ2) is 6.06. The summed E-state index contributed by atoms with van der Waals surface area (Å²) in [4.78, 5) is 0. The van der Waals surface area contributed by atoms with Crippen LogP contribution in [0, 0.1) is 11.3 Å². The summed E-state index contributed by atoms with van der Waals surface area (Å²) in [6.07, 6.45) is -4.37. The number of benzene rings is 1. The van der Waals surface area contributed by atoms with Crippen LogP contribution in [0.25, 0.3) is 0 Å². The van der Waals surface area contributed by atoms with Crippen LogP contribution in [0.3, 0.4) is 0 Å². The first-order valence-corrected chi connectivity index (χ1v) is 3.74. The molecule has 0 amide bonds. The molecule has 3 nitrogen and oxygen atoms in total. The highest BCUT2D eigenvalue weighted by atomic mass is 19.4. The second-order valence-electron chi connectivity index (χ2n) is 2.33. The molecule has 1 aromatic carbocycles. The van der Waals surface area contributed by atoms with E-state index in [1.807, 2.05) is 0 Å². The second-order valence-corrected chi connectivity index (χ2v) is 2.33. The van der Waals surface area contributed by atoms with Gasteiger partial charge in [-0.3, -0.25) is 0 Å². The molecule has 1 aromatic rings. The number of halogens is 3. The average molecular weight is 217 g/mol. The van der Waals surface area contributed by atoms with E-state index in [4.69, 9.17) is 15.3 Å². The van der Waals surface area contributed by atoms with Crippen LogP contribution in [0.15, 0.2) is 24.3 Å². The molecule has 7 heteroatoms. The van der Waals surface area contributed by atoms with Crippen LogP contribution >= 0.6 is 0 Å². The van der Waals surface area contributed by atoms with Crippen LogP contribution < -0.4 is 0 Å². The van der Waals surface area contributed by atoms with E-state index in [0.717, 1.165) is 12.1 Å². The van der Waals surface area contributed by atoms with E-state index in [-0.39, 0.29) is 5.56 Å². The molecule has 1 rings (SSSR count). The van der Waals surface area contributed by atoms with Crippen LogP contribution in [-0.4, -0.2) is 17.7 Å². The van der Waals surface area contributed by atoms with Crippen LogP contribution in [0.1, 0.15) is 11.1 Å². The van der Waals surface area contributed by atoms with Gasteiger partial charge in [-0.1, -0.05) is 6.07 Å². The smallest absolute Gasteiger partial charge is 0.430 e. The molecule has 0 heterocycles. The largest absolute Gasteiger partial charge is 0.432 e. The zero-order valence-electron chi connectivity index (χ0n) is 7.49. The van der Waals surface area contributed by atoms with E-state index < -0.39 is 19.4 Å². The molecule has 0 saturated carbocycles. The third kappa shape index (κ3) is 5.05. The molecule has 2 N–H and O–H groups in total. The molecule has 0 aliphatic carbocycles. The van der Waals surface area contributed by atoms with E-state index in [1.54, 1.807) is 6.07 Å². The lowest BCUT2D eigenvalue weighted by Gasteiger charge is -2.05. The van der Waals surface area contributed by atoms with Crippen molar-refractivity contribution < 1.29 is 23.2 Å². The van der Waals surface area contributed by atoms with Gasteiger partial charge in [0.05, 0.1) is 17.2 Å². The monoisotopic (exact) mass is 217 g/mol. The maximum atomic E-state index is 12.0. The first kappa shape index (κ1) is 13.5. The lowest BCUT2D eigenvalue weighted by atomic mass is 10.1. The number of nitriles is 1. The van der Waals surface area contributed by atoms with E-state index >= 15 is 0 Å². The van der Waals surface area contributed by atoms with Gasteiger partial charge in [-0.25, -0.2) is 0 Å². The summed E-state index contributed by atoms with van der Waals surface area (Å²) in [5.74, 6) is 0. The molecule has 0 aliphatic heterocycles. The first-order chi connectivity index (χ1) is 6.95. The molecule has 80 valence electrons. The Kier molecular flexibility index (Phi) is 5.45. The molecule has 0 bridgehead atoms. The van der Waals surface area contributed by atoms with Crippen molar-refractivity contribution in [2.45, 2.75) is 6.18 Å². The quantitative estimate of drug-likeness (QED) is 0.632. The van der Waals surface area contributed by atoms with Crippen molar-refractivity contribution >= 4 is 7.69 Å². The summed E-state index contributed by atoms with van der Waals surface area (Å²) < 4.78 is 36.0. The summed E-state index contributed by atoms with van der Waals surface area (Å²) in [6.45, 7) is 0. The Balaban J connectivity index is 0.000000583. The summed E-state index contributed by atoms with van der Waals surface area (Å²) in [6, 6.07) is 5.93. The van der Waals surface area contributed by atoms with Crippen molar-refractivity contribution in [3.05, 3.63) is 35.4 Å². The standard InChI is InChI=1S/C8H4F3N.BH3O2/c9-8(10,11)7-3-1-2-6(4-7)5-12;2-1-3/h1-4H;1-3H. The highest BCUT2D eigenvalue weighted by Gasteiger charge is 2.30. The fraction of sp³-hybridized carbons (Fsp3) is 0.125. The Morgan fingerprint density at radius 1 is 1.27 bits per heavy atom. The number of hydrogen-bond acceptors (Lipinski definition) is 3. The minimum atomic E-state index is -4.37. The van der Waals surface area contributed by atoms with Gasteiger partial charge >= 0.3 is 13.9 Å². The summed E-state index contributed by atoms with van der Waals surface area (Å²) >= 11 is 0. The third-order valence-electron chi connectivity index (χ3n) is 1.32. The van der Waals surface area contributed by atoms with E-state index in [0.29, 0.717) is 0 Å². The van der Waals surface area contributed by atoms with Crippen LogP contribution in [-0.2, 0) is 6.18 Å². The van der Waals surface area contributed by atoms with Gasteiger partial charge in [0, 0.05) is 0 Å². The van der Waals surface area contributed by atoms with Gasteiger partial charge in [-0.15, -0.1) is 0 Å². The highest BCUT2D eigenvalue weighted by molar-refractivity contribution is 6.13. The van der Waals surface area contributed by atoms with Gasteiger partial charge in [0.25, 0.3) is 0 Å². The number of rotatable bonds is 0. The first-order valence-electron chi connectivity index (χ1n) is 3.74. The van der Waals surface area contributed by atoms with Crippen LogP contribution in [0.4, 0.5) is 13.2 Å². The number of hydrogen-bond donors (Lipinski definition) is 2. The number of nitrogens with zero attached hydrogens (tertiary/aromatic N) is 1. The fourth-order valence-electron chi connectivity index (χ4n) is 0.765. The molecular weight excluding hydrogens is 210 g/mol. The molecule has 0 aromatic heterocycles. The predicted octanol–water partition coefficient (Wildman–Crippen LogP) is 0.815. The summed E-state index contributed by atoms with van der Waals surface area (Å²) in [7, 11) is -0.750. The molecule has 0 spiro atoms. The van der Waals surface area contributed by atoms with Gasteiger partial charge in [0.2, 0.25) is 0 Å². The van der Waals surface area contributed by atoms with Crippen molar-refractivity contribution in [3.63, 3.8) is 0 Å². The molecule has 0 unspecified atom stereocenters. The van der Waals surface area contributed by atoms with Gasteiger partial charge in [0.1, 0.15) is 0 Å². The Morgan fingerprint density at radius 2 is 1.80 bits per heavy atom. The minimum Gasteiger partial charge on any atom is -0.430 e. The lowest BCUT2D eigenvalue weighted by Crippen LogP contribution is -2.04. The Bertz CT molecular complexity index is 348. The Morgan fingerprint density at radius 3 is 2.20 bits per heavy atom. The van der Waals surface area contributed by atoms with Gasteiger partial charge in [0.15, 0.2) is 0 Å². The van der Waals surface area contributed by atoms with Crippen LogP contribution in [0.2, 0.25) is 0 Å². The zero-order valence-corrected chi connectivity index (χ0v) is 7.49. The maximum Gasteiger partial charge on any atom is 0.432 e. The molecular formula is C8H7BF3NO2. The van der Waals surface area contributed by atoms with E-state index in [1.165, 1.54) is 12.1 Å². The lowest BCUT2D eigenvalue weighted by molar-refractivity contribution is -0.137. The Hall–Kier alpha value is -1.52. The fourth-order valence-corrected chi connectivity index (χ4v) is 0.765. The van der Waals surface area contributed by atoms with Crippen molar-refractivity contribution in [2.75, 3.05) is 0 Å². The molecule has 0 aliphatic rings. The molecule has 0 fully saturated rings. The topological polar surface area (TPSA) is 64.2 Å². The maximum absolute atomic E-state index is 12.0. The highest BCUT2D eigenvalue weighted by Crippen LogP contribution is 2.29. The van der Waals surface area contributed by atoms with Crippen molar-refractivity contribution in [3.8, 4) is 6.07 Å². The average Bonchev–Trinajstić information content (AvgIpc) is 2.18. The van der Waals surface area contributed by atoms with Crippen LogP contribution in [0.5, 0.6) is 0 Å². The van der Waals surface area contributed by atoms with Crippen molar-refractivity contribution in [1.29, 1.82) is 5.26 Å². The van der Waals surface area contributed by atoms with Crippen molar-refractivity contribution in [2.24, 2.45) is 0 Å². The molecule has 0 saturated heterocycles. The molecule has 0 radical (unpaired) electrons. The SMILES string of the molecule is N#Cc1cccc(C(F)(F)F)c1.OBO. The molecule has 0 atom stereocenters. The predicted molar refractivity (Wildman–Crippen MR) is 47.7 cm³/mol. The van der Waals surface area contributed by atoms with Crippen molar-refractivity contribution in [1.82, 2.24) is 0 Å². The van der Waals surface area contributed by atoms with E-state index in [9.17, 15) is 13.2 Å². The normalized spacial score (nSPS) is 9.60. The summed E-state index contributed by atoms with van der Waals surface area (Å²) in [5, 5.41) is 22.6.